The number of carbonyl (C=O) groups is 4. The summed E-state index contributed by atoms with van der Waals surface area (Å²) in [6.45, 7) is 11.7. The maximum Gasteiger partial charge on any atom is 0.358 e. The number of amides is 2. The van der Waals surface area contributed by atoms with Crippen LogP contribution in [0.25, 0.3) is 0 Å². The van der Waals surface area contributed by atoms with Gasteiger partial charge in [-0.05, 0) is 26.3 Å². The van der Waals surface area contributed by atoms with Crippen molar-refractivity contribution in [3.63, 3.8) is 0 Å². The monoisotopic (exact) mass is 585 g/mol. The largest absolute Gasteiger partial charge is 0.427 e. The molecule has 15 heteroatoms. The number of allylic oxidation sites excluding steroid dienone is 1. The number of nitrogens with one attached hydrogen (secondary N) is 1. The van der Waals surface area contributed by atoms with Crippen molar-refractivity contribution in [2.45, 2.75) is 32.2 Å². The fraction of sp³-hybridized carbons (Fsp3) is 0.391. The molecule has 2 aliphatic heterocycles. The van der Waals surface area contributed by atoms with E-state index in [1.165, 1.54) is 34.2 Å². The highest BCUT2D eigenvalue weighted by atomic mass is 35.5. The molecule has 1 fully saturated rings. The van der Waals surface area contributed by atoms with E-state index in [4.69, 9.17) is 20.0 Å². The summed E-state index contributed by atoms with van der Waals surface area (Å²) in [4.78, 5) is 61.2. The van der Waals surface area contributed by atoms with Gasteiger partial charge in [0.05, 0.1) is 5.41 Å². The Morgan fingerprint density at radius 2 is 2.03 bits per heavy atom. The van der Waals surface area contributed by atoms with Crippen molar-refractivity contribution in [1.82, 2.24) is 15.2 Å². The molecule has 3 heterocycles. The molecule has 1 aromatic rings. The van der Waals surface area contributed by atoms with Gasteiger partial charge < -0.3 is 25.4 Å². The number of β-lactam (4-membered cyclic amide) rings is 1. The number of hydrogen-bond donors (Lipinski definition) is 2. The lowest BCUT2D eigenvalue weighted by molar-refractivity contribution is -0.173. The molecule has 1 saturated heterocycles. The Bertz CT molecular complexity index is 1190. The number of esters is 2. The van der Waals surface area contributed by atoms with Gasteiger partial charge in [0.1, 0.15) is 29.4 Å². The number of fused-ring (bicyclic) bond motifs is 1. The van der Waals surface area contributed by atoms with Crippen LogP contribution < -0.4 is 11.1 Å². The van der Waals surface area contributed by atoms with E-state index in [1.807, 2.05) is 0 Å². The van der Waals surface area contributed by atoms with Crippen molar-refractivity contribution in [2.24, 2.45) is 10.6 Å². The second-order valence-corrected chi connectivity index (χ2v) is 10.8. The average Bonchev–Trinajstić information content (AvgIpc) is 3.28. The summed E-state index contributed by atoms with van der Waals surface area (Å²) in [5.74, 6) is -2.30. The molecule has 38 heavy (non-hydrogen) atoms. The first-order valence-corrected chi connectivity index (χ1v) is 12.9. The summed E-state index contributed by atoms with van der Waals surface area (Å²) in [5, 5.41) is 7.63. The van der Waals surface area contributed by atoms with E-state index in [0.29, 0.717) is 11.3 Å². The molecule has 1 aromatic heterocycles. The van der Waals surface area contributed by atoms with E-state index in [-0.39, 0.29) is 41.2 Å². The van der Waals surface area contributed by atoms with Gasteiger partial charge in [-0.3, -0.25) is 19.3 Å². The van der Waals surface area contributed by atoms with Gasteiger partial charge >= 0.3 is 11.9 Å². The van der Waals surface area contributed by atoms with E-state index in [1.54, 1.807) is 20.8 Å². The van der Waals surface area contributed by atoms with Crippen LogP contribution in [0.5, 0.6) is 0 Å². The molecule has 1 unspecified atom stereocenters. The summed E-state index contributed by atoms with van der Waals surface area (Å²) in [6, 6.07) is -0.953. The molecule has 0 aromatic carbocycles. The summed E-state index contributed by atoms with van der Waals surface area (Å²) in [5.41, 5.74) is 5.39. The molecule has 206 valence electrons. The number of nitrogens with two attached hydrogens (primary N) is 1. The van der Waals surface area contributed by atoms with Gasteiger partial charge in [-0.15, -0.1) is 35.5 Å². The van der Waals surface area contributed by atoms with Gasteiger partial charge in [-0.25, -0.2) is 9.78 Å². The summed E-state index contributed by atoms with van der Waals surface area (Å²) in [6.07, 6.45) is 2.91. The lowest BCUT2D eigenvalue weighted by atomic mass is 9.98. The molecule has 2 amide bonds. The van der Waals surface area contributed by atoms with Crippen LogP contribution in [-0.2, 0) is 33.5 Å². The van der Waals surface area contributed by atoms with Crippen LogP contribution >= 0.6 is 35.5 Å². The smallest absolute Gasteiger partial charge is 0.358 e. The minimum atomic E-state index is -0.953. The maximum absolute atomic E-state index is 13.1. The first-order chi connectivity index (χ1) is 17.5. The van der Waals surface area contributed by atoms with E-state index in [2.05, 4.69) is 28.6 Å². The van der Waals surface area contributed by atoms with Crippen LogP contribution in [-0.4, -0.2) is 69.9 Å². The van der Waals surface area contributed by atoms with Crippen LogP contribution in [0.4, 0.5) is 5.13 Å². The van der Waals surface area contributed by atoms with Crippen molar-refractivity contribution in [3.05, 3.63) is 47.7 Å². The Kier molecular flexibility index (Phi) is 10.5. The number of hydrogen-bond acceptors (Lipinski definition) is 12. The second kappa shape index (κ2) is 12.9. The minimum Gasteiger partial charge on any atom is -0.427 e. The molecule has 0 aliphatic carbocycles. The van der Waals surface area contributed by atoms with Gasteiger partial charge in [0.25, 0.3) is 11.8 Å². The van der Waals surface area contributed by atoms with E-state index < -0.39 is 47.4 Å². The molecule has 0 radical (unpaired) electrons. The lowest BCUT2D eigenvalue weighted by Crippen LogP contribution is -2.71. The average molecular weight is 586 g/mol. The van der Waals surface area contributed by atoms with Gasteiger partial charge in [0.2, 0.25) is 6.79 Å². The van der Waals surface area contributed by atoms with Crippen molar-refractivity contribution < 1.29 is 33.5 Å². The number of aromatic nitrogens is 1. The molecular weight excluding hydrogens is 558 g/mol. The molecule has 3 N–H and O–H groups in total. The van der Waals surface area contributed by atoms with Crippen LogP contribution in [0, 0.1) is 5.41 Å². The van der Waals surface area contributed by atoms with Crippen molar-refractivity contribution in [2.75, 3.05) is 24.9 Å². The number of thiazole rings is 1. The molecule has 12 nitrogen and oxygen atoms in total. The first-order valence-electron chi connectivity index (χ1n) is 11.0. The highest BCUT2D eigenvalue weighted by Crippen LogP contribution is 2.41. The third-order valence-electron chi connectivity index (χ3n) is 5.04. The third kappa shape index (κ3) is 6.74. The van der Waals surface area contributed by atoms with Crippen molar-refractivity contribution in [3.8, 4) is 0 Å². The van der Waals surface area contributed by atoms with Crippen LogP contribution in [0.2, 0.25) is 0 Å². The van der Waals surface area contributed by atoms with Crippen LogP contribution in [0.15, 0.2) is 47.1 Å². The standard InChI is InChI=1S/C23H27N5O7S2.ClH/c1-6-8-35-27-14(13-10-37-22(24)25-13)17(29)26-15-18(30)28-16(12(7-2)9-36-19(15)28)20(31)33-11-34-21(32)23(3,4)5;/h6-7,10,15,19H,1-2,8-9,11H2,3-5H3,(H2,24,25)(H,26,29);1H/t15?,19-;/m1./s1. The zero-order chi connectivity index (χ0) is 27.3. The fourth-order valence-electron chi connectivity index (χ4n) is 3.18. The number of oxime groups is 1. The normalized spacial score (nSPS) is 18.9. The number of ether oxygens (including phenoxy) is 2. The molecule has 0 bridgehead atoms. The number of nitrogens with zero attached hydrogens (tertiary/aromatic N) is 3. The zero-order valence-corrected chi connectivity index (χ0v) is 23.4. The Hall–Kier alpha value is -3.36. The molecule has 0 saturated carbocycles. The predicted molar refractivity (Wildman–Crippen MR) is 145 cm³/mol. The van der Waals surface area contributed by atoms with Crippen LogP contribution in [0.3, 0.4) is 0 Å². The highest BCUT2D eigenvalue weighted by molar-refractivity contribution is 8.00. The Morgan fingerprint density at radius 1 is 1.32 bits per heavy atom. The molecule has 2 aliphatic rings. The lowest BCUT2D eigenvalue weighted by Gasteiger charge is -2.49. The highest BCUT2D eigenvalue weighted by Gasteiger charge is 2.54. The number of nitrogen functional groups attached to an aromatic ring is 1. The van der Waals surface area contributed by atoms with E-state index in [9.17, 15) is 19.2 Å². The summed E-state index contributed by atoms with van der Waals surface area (Å²) in [7, 11) is 0. The minimum absolute atomic E-state index is 0. The zero-order valence-electron chi connectivity index (χ0n) is 20.9. The molecule has 2 atom stereocenters. The van der Waals surface area contributed by atoms with Crippen LogP contribution in [0.1, 0.15) is 26.5 Å². The SMILES string of the molecule is C=CCON=C(C(=O)NC1C(=O)N2C(C(=O)OCOC(=O)C(C)(C)C)=C(C=C)CS[C@H]12)c1csc(N)n1.Cl. The quantitative estimate of drug-likeness (QED) is 0.0789. The number of rotatable bonds is 10. The van der Waals surface area contributed by atoms with E-state index >= 15 is 0 Å². The van der Waals surface area contributed by atoms with Gasteiger partial charge in [-0.2, -0.15) is 0 Å². The predicted octanol–water partition coefficient (Wildman–Crippen LogP) is 1.98. The summed E-state index contributed by atoms with van der Waals surface area (Å²) >= 11 is 2.45. The fourth-order valence-corrected chi connectivity index (χ4v) is 5.06. The first kappa shape index (κ1) is 30.9. The molecule has 0 spiro atoms. The van der Waals surface area contributed by atoms with Gasteiger partial charge in [-0.1, -0.05) is 30.5 Å². The summed E-state index contributed by atoms with van der Waals surface area (Å²) < 4.78 is 10.1. The molecular formula is C23H28ClN5O7S2. The number of halogens is 1. The maximum atomic E-state index is 13.1. The second-order valence-electron chi connectivity index (χ2n) is 8.77. The molecule has 3 rings (SSSR count). The van der Waals surface area contributed by atoms with Gasteiger partial charge in [0, 0.05) is 11.1 Å². The topological polar surface area (TPSA) is 163 Å². The Balaban J connectivity index is 0.00000507. The Morgan fingerprint density at radius 3 is 2.61 bits per heavy atom. The van der Waals surface area contributed by atoms with Crippen molar-refractivity contribution in [1.29, 1.82) is 0 Å². The number of carbonyl (C=O) groups excluding carboxylic acids is 4. The Labute approximate surface area is 233 Å². The van der Waals surface area contributed by atoms with Crippen molar-refractivity contribution >= 4 is 70.1 Å². The van der Waals surface area contributed by atoms with Gasteiger partial charge in [0.15, 0.2) is 10.8 Å². The number of anilines is 1. The third-order valence-corrected chi connectivity index (χ3v) is 7.02. The van der Waals surface area contributed by atoms with E-state index in [0.717, 1.165) is 11.3 Å². The number of thioether (sulfide) groups is 1.